The minimum Gasteiger partial charge on any atom is -0.452 e. The molecule has 2 saturated heterocycles. The number of carbonyl (C=O) groups excluding carboxylic acids is 2. The molecule has 1 amide bonds. The van der Waals surface area contributed by atoms with E-state index in [9.17, 15) is 18.0 Å². The summed E-state index contributed by atoms with van der Waals surface area (Å²) in [7, 11) is -3.73. The second-order valence-electron chi connectivity index (χ2n) is 6.56. The monoisotopic (exact) mass is 412 g/mol. The summed E-state index contributed by atoms with van der Waals surface area (Å²) in [6, 6.07) is 4.34. The van der Waals surface area contributed by atoms with E-state index in [4.69, 9.17) is 14.2 Å². The molecule has 2 aliphatic heterocycles. The Morgan fingerprint density at radius 2 is 1.64 bits per heavy atom. The van der Waals surface area contributed by atoms with Crippen LogP contribution in [0.2, 0.25) is 0 Å². The van der Waals surface area contributed by atoms with Gasteiger partial charge in [-0.2, -0.15) is 4.31 Å². The first-order valence-electron chi connectivity index (χ1n) is 9.11. The number of hydrogen-bond donors (Lipinski definition) is 0. The Morgan fingerprint density at radius 3 is 2.29 bits per heavy atom. The molecule has 0 spiro atoms. The molecular weight excluding hydrogens is 388 g/mol. The van der Waals surface area contributed by atoms with Crippen LogP contribution in [-0.2, 0) is 29.0 Å². The molecule has 2 aliphatic rings. The highest BCUT2D eigenvalue weighted by Crippen LogP contribution is 2.21. The predicted molar refractivity (Wildman–Crippen MR) is 98.4 cm³/mol. The van der Waals surface area contributed by atoms with Crippen molar-refractivity contribution >= 4 is 21.9 Å². The number of sulfonamides is 1. The van der Waals surface area contributed by atoms with Gasteiger partial charge in [-0.1, -0.05) is 6.07 Å². The molecule has 0 radical (unpaired) electrons. The van der Waals surface area contributed by atoms with E-state index in [0.717, 1.165) is 0 Å². The summed E-state index contributed by atoms with van der Waals surface area (Å²) in [4.78, 5) is 26.2. The first kappa shape index (κ1) is 20.7. The summed E-state index contributed by atoms with van der Waals surface area (Å²) in [5, 5.41) is 0. The van der Waals surface area contributed by atoms with E-state index in [1.54, 1.807) is 17.9 Å². The molecule has 2 heterocycles. The number of esters is 1. The van der Waals surface area contributed by atoms with Crippen LogP contribution in [0.25, 0.3) is 0 Å². The summed E-state index contributed by atoms with van der Waals surface area (Å²) < 4.78 is 42.4. The van der Waals surface area contributed by atoms with E-state index >= 15 is 0 Å². The highest BCUT2D eigenvalue weighted by molar-refractivity contribution is 7.89. The minimum absolute atomic E-state index is 0.0199. The summed E-state index contributed by atoms with van der Waals surface area (Å²) in [5.74, 6) is -1.02. The molecule has 0 N–H and O–H groups in total. The van der Waals surface area contributed by atoms with Gasteiger partial charge in [-0.25, -0.2) is 13.2 Å². The number of ether oxygens (including phenoxy) is 3. The third-order valence-electron chi connectivity index (χ3n) is 4.73. The van der Waals surface area contributed by atoms with Crippen LogP contribution >= 0.6 is 0 Å². The quantitative estimate of drug-likeness (QED) is 0.629. The Morgan fingerprint density at radius 1 is 1.04 bits per heavy atom. The fourth-order valence-corrected chi connectivity index (χ4v) is 4.46. The van der Waals surface area contributed by atoms with Crippen molar-refractivity contribution in [1.82, 2.24) is 9.21 Å². The van der Waals surface area contributed by atoms with E-state index in [1.165, 1.54) is 16.4 Å². The molecule has 0 saturated carbocycles. The molecule has 0 atom stereocenters. The number of aryl methyl sites for hydroxylation is 1. The van der Waals surface area contributed by atoms with Crippen LogP contribution < -0.4 is 0 Å². The van der Waals surface area contributed by atoms with Gasteiger partial charge in [-0.05, 0) is 24.6 Å². The lowest BCUT2D eigenvalue weighted by Crippen LogP contribution is -2.42. The molecule has 3 rings (SSSR count). The summed E-state index contributed by atoms with van der Waals surface area (Å²) in [6.07, 6.45) is 0. The van der Waals surface area contributed by atoms with Crippen molar-refractivity contribution in [2.75, 3.05) is 59.2 Å². The van der Waals surface area contributed by atoms with Crippen molar-refractivity contribution in [2.45, 2.75) is 11.8 Å². The Bertz CT molecular complexity index is 828. The minimum atomic E-state index is -3.73. The summed E-state index contributed by atoms with van der Waals surface area (Å²) in [5.41, 5.74) is 0.703. The molecular formula is C18H24N2O7S. The van der Waals surface area contributed by atoms with Gasteiger partial charge in [0, 0.05) is 26.2 Å². The van der Waals surface area contributed by atoms with Crippen LogP contribution in [-0.4, -0.2) is 88.7 Å². The Hall–Kier alpha value is -2.01. The van der Waals surface area contributed by atoms with Crippen molar-refractivity contribution < 1.29 is 32.2 Å². The van der Waals surface area contributed by atoms with E-state index in [-0.39, 0.29) is 29.5 Å². The lowest BCUT2D eigenvalue weighted by atomic mass is 10.1. The fraction of sp³-hybridized carbons (Fsp3) is 0.556. The average Bonchev–Trinajstić information content (AvgIpc) is 2.73. The van der Waals surface area contributed by atoms with Crippen LogP contribution in [0.15, 0.2) is 23.1 Å². The van der Waals surface area contributed by atoms with Crippen molar-refractivity contribution in [3.8, 4) is 0 Å². The fourth-order valence-electron chi connectivity index (χ4n) is 3.03. The number of hydrogen-bond acceptors (Lipinski definition) is 7. The molecule has 2 fully saturated rings. The topological polar surface area (TPSA) is 102 Å². The van der Waals surface area contributed by atoms with Gasteiger partial charge in [0.15, 0.2) is 6.61 Å². The smallest absolute Gasteiger partial charge is 0.338 e. The molecule has 154 valence electrons. The van der Waals surface area contributed by atoms with Gasteiger partial charge in [0.25, 0.3) is 5.91 Å². The lowest BCUT2D eigenvalue weighted by Gasteiger charge is -2.26. The van der Waals surface area contributed by atoms with Crippen molar-refractivity contribution in [1.29, 1.82) is 0 Å². The van der Waals surface area contributed by atoms with Crippen LogP contribution in [0.3, 0.4) is 0 Å². The molecule has 0 aromatic heterocycles. The lowest BCUT2D eigenvalue weighted by molar-refractivity contribution is -0.138. The predicted octanol–water partition coefficient (Wildman–Crippen LogP) is 0.0315. The van der Waals surface area contributed by atoms with Gasteiger partial charge in [0.2, 0.25) is 10.0 Å². The van der Waals surface area contributed by atoms with Gasteiger partial charge in [0.1, 0.15) is 0 Å². The van der Waals surface area contributed by atoms with Crippen molar-refractivity contribution in [3.05, 3.63) is 29.3 Å². The second kappa shape index (κ2) is 8.99. The number of nitrogens with zero attached hydrogens (tertiary/aromatic N) is 2. The summed E-state index contributed by atoms with van der Waals surface area (Å²) in [6.45, 7) is 4.34. The molecule has 9 nitrogen and oxygen atoms in total. The number of morpholine rings is 2. The van der Waals surface area contributed by atoms with E-state index < -0.39 is 22.6 Å². The molecule has 0 unspecified atom stereocenters. The largest absolute Gasteiger partial charge is 0.452 e. The normalized spacial score (nSPS) is 18.7. The molecule has 1 aromatic rings. The van der Waals surface area contributed by atoms with E-state index in [1.807, 2.05) is 0 Å². The van der Waals surface area contributed by atoms with Crippen molar-refractivity contribution in [2.24, 2.45) is 0 Å². The maximum absolute atomic E-state index is 12.8. The maximum atomic E-state index is 12.8. The highest BCUT2D eigenvalue weighted by Gasteiger charge is 2.28. The third-order valence-corrected chi connectivity index (χ3v) is 6.62. The first-order valence-corrected chi connectivity index (χ1v) is 10.5. The maximum Gasteiger partial charge on any atom is 0.338 e. The van der Waals surface area contributed by atoms with Gasteiger partial charge < -0.3 is 19.1 Å². The number of carbonyl (C=O) groups is 2. The second-order valence-corrected chi connectivity index (χ2v) is 8.50. The number of rotatable bonds is 5. The molecule has 10 heteroatoms. The van der Waals surface area contributed by atoms with Crippen LogP contribution in [0.5, 0.6) is 0 Å². The molecule has 1 aromatic carbocycles. The van der Waals surface area contributed by atoms with Crippen LogP contribution in [0.4, 0.5) is 0 Å². The zero-order valence-corrected chi connectivity index (χ0v) is 16.6. The SMILES string of the molecule is Cc1ccc(S(=O)(=O)N2CCOCC2)cc1C(=O)OCC(=O)N1CCOCC1. The van der Waals surface area contributed by atoms with Crippen molar-refractivity contribution in [3.63, 3.8) is 0 Å². The van der Waals surface area contributed by atoms with Crippen LogP contribution in [0, 0.1) is 6.92 Å². The van der Waals surface area contributed by atoms with E-state index in [0.29, 0.717) is 45.1 Å². The zero-order chi connectivity index (χ0) is 20.1. The van der Waals surface area contributed by atoms with Gasteiger partial charge in [-0.3, -0.25) is 4.79 Å². The van der Waals surface area contributed by atoms with Gasteiger partial charge in [-0.15, -0.1) is 0 Å². The number of amides is 1. The Kier molecular flexibility index (Phi) is 6.65. The van der Waals surface area contributed by atoms with Gasteiger partial charge in [0.05, 0.1) is 36.9 Å². The van der Waals surface area contributed by atoms with E-state index in [2.05, 4.69) is 0 Å². The number of benzene rings is 1. The third kappa shape index (κ3) is 4.69. The Labute approximate surface area is 164 Å². The van der Waals surface area contributed by atoms with Crippen LogP contribution in [0.1, 0.15) is 15.9 Å². The average molecular weight is 412 g/mol. The molecule has 28 heavy (non-hydrogen) atoms. The van der Waals surface area contributed by atoms with Gasteiger partial charge >= 0.3 is 5.97 Å². The molecule has 0 aliphatic carbocycles. The standard InChI is InChI=1S/C18H24N2O7S/c1-14-2-3-15(28(23,24)20-6-10-26-11-7-20)12-16(14)18(22)27-13-17(21)19-4-8-25-9-5-19/h2-3,12H,4-11,13H2,1H3. The molecule has 0 bridgehead atoms. The first-order chi connectivity index (χ1) is 13.4. The summed E-state index contributed by atoms with van der Waals surface area (Å²) >= 11 is 0. The zero-order valence-electron chi connectivity index (χ0n) is 15.8. The Balaban J connectivity index is 1.70. The highest BCUT2D eigenvalue weighted by atomic mass is 32.2.